The maximum Gasteiger partial charge on any atom is 0.315 e. The van der Waals surface area contributed by atoms with Gasteiger partial charge in [-0.25, -0.2) is 4.90 Å². The number of carbonyl (C=O) groups is 5. The molecule has 0 unspecified atom stereocenters. The third kappa shape index (κ3) is 8.46. The number of allylic oxidation sites excluding steroid dienone is 2. The number of rotatable bonds is 6. The number of carbonyl (C=O) groups excluding carboxylic acids is 5. The SMILES string of the molecule is COc1cccc2c(OC(=O)CC(Cl)(Cl)Cl)c3c(c(N(C(=O)CC(Cl)(Cl)Cl)C(=O)CC(Cl)(Cl)Cl)c12)C(=O)C=CC3=O. The molecule has 2 amide bonds. The fourth-order valence-corrected chi connectivity index (χ4v) is 4.97. The Labute approximate surface area is 277 Å². The van der Waals surface area contributed by atoms with E-state index in [4.69, 9.17) is 114 Å². The Hall–Kier alpha value is -1.20. The first-order valence-corrected chi connectivity index (χ1v) is 14.3. The Morgan fingerprint density at radius 1 is 0.756 bits per heavy atom. The molecule has 0 aliphatic heterocycles. The summed E-state index contributed by atoms with van der Waals surface area (Å²) < 4.78 is 4.44. The predicted molar refractivity (Wildman–Crippen MR) is 161 cm³/mol. The highest BCUT2D eigenvalue weighted by Gasteiger charge is 2.41. The summed E-state index contributed by atoms with van der Waals surface area (Å²) >= 11 is 52.3. The molecular weight excluding hydrogens is 733 g/mol. The second-order valence-electron chi connectivity index (χ2n) is 8.35. The van der Waals surface area contributed by atoms with Crippen LogP contribution in [0.4, 0.5) is 5.69 Å². The minimum absolute atomic E-state index is 0.0258. The van der Waals surface area contributed by atoms with E-state index < -0.39 is 82.6 Å². The summed E-state index contributed by atoms with van der Waals surface area (Å²) in [5.41, 5.74) is -1.48. The number of methoxy groups -OCH3 is 1. The Bertz CT molecular complexity index is 1460. The van der Waals surface area contributed by atoms with E-state index >= 15 is 0 Å². The minimum Gasteiger partial charge on any atom is -0.496 e. The lowest BCUT2D eigenvalue weighted by Crippen LogP contribution is -2.42. The van der Waals surface area contributed by atoms with E-state index in [1.165, 1.54) is 25.3 Å². The van der Waals surface area contributed by atoms with Crippen molar-refractivity contribution in [1.29, 1.82) is 0 Å². The third-order valence-corrected chi connectivity index (χ3v) is 6.51. The number of imide groups is 1. The molecule has 0 radical (unpaired) electrons. The van der Waals surface area contributed by atoms with Gasteiger partial charge in [0.05, 0.1) is 48.6 Å². The molecular formula is C24H14Cl9NO7. The molecule has 1 aliphatic carbocycles. The summed E-state index contributed by atoms with van der Waals surface area (Å²) in [5, 5.41) is -0.183. The van der Waals surface area contributed by atoms with Crippen LogP contribution in [0.3, 0.4) is 0 Å². The van der Waals surface area contributed by atoms with Gasteiger partial charge in [0.25, 0.3) is 0 Å². The minimum atomic E-state index is -2.21. The van der Waals surface area contributed by atoms with Crippen LogP contribution in [0.25, 0.3) is 10.8 Å². The highest BCUT2D eigenvalue weighted by atomic mass is 35.6. The Morgan fingerprint density at radius 2 is 1.24 bits per heavy atom. The van der Waals surface area contributed by atoms with Crippen LogP contribution in [0, 0.1) is 0 Å². The van der Waals surface area contributed by atoms with Gasteiger partial charge in [-0.1, -0.05) is 117 Å². The Morgan fingerprint density at radius 3 is 1.71 bits per heavy atom. The molecule has 0 bridgehead atoms. The van der Waals surface area contributed by atoms with Crippen LogP contribution in [0.15, 0.2) is 30.4 Å². The first kappa shape index (κ1) is 34.3. The molecule has 0 saturated heterocycles. The number of ether oxygens (including phenoxy) is 2. The fraction of sp³-hybridized carbons (Fsp3) is 0.292. The molecule has 0 fully saturated rings. The Balaban J connectivity index is 2.52. The number of fused-ring (bicyclic) bond motifs is 2. The summed E-state index contributed by atoms with van der Waals surface area (Å²) in [5.74, 6) is -5.53. The molecule has 2 aromatic rings. The molecule has 41 heavy (non-hydrogen) atoms. The van der Waals surface area contributed by atoms with E-state index in [1.807, 2.05) is 0 Å². The number of nitrogens with zero attached hydrogens (tertiary/aromatic N) is 1. The van der Waals surface area contributed by atoms with Gasteiger partial charge >= 0.3 is 5.97 Å². The number of alkyl halides is 9. The summed E-state index contributed by atoms with van der Waals surface area (Å²) in [6, 6.07) is 4.23. The maximum atomic E-state index is 13.6. The Kier molecular flexibility index (Phi) is 10.7. The molecule has 0 atom stereocenters. The zero-order valence-electron chi connectivity index (χ0n) is 20.2. The molecule has 17 heteroatoms. The van der Waals surface area contributed by atoms with Gasteiger partial charge in [0.15, 0.2) is 24.9 Å². The van der Waals surface area contributed by atoms with E-state index in [0.29, 0.717) is 4.90 Å². The number of ketones is 2. The zero-order valence-corrected chi connectivity index (χ0v) is 27.0. The van der Waals surface area contributed by atoms with Gasteiger partial charge in [0.1, 0.15) is 5.75 Å². The molecule has 0 N–H and O–H groups in total. The van der Waals surface area contributed by atoms with Gasteiger partial charge < -0.3 is 9.47 Å². The summed E-state index contributed by atoms with van der Waals surface area (Å²) in [4.78, 5) is 66.9. The number of amides is 2. The van der Waals surface area contributed by atoms with Crippen LogP contribution in [0.2, 0.25) is 0 Å². The molecule has 3 rings (SSSR count). The molecule has 1 aliphatic rings. The smallest absolute Gasteiger partial charge is 0.315 e. The van der Waals surface area contributed by atoms with Crippen molar-refractivity contribution in [3.63, 3.8) is 0 Å². The molecule has 0 aromatic heterocycles. The van der Waals surface area contributed by atoms with E-state index in [2.05, 4.69) is 0 Å². The van der Waals surface area contributed by atoms with Gasteiger partial charge in [0, 0.05) is 5.39 Å². The number of esters is 1. The first-order valence-electron chi connectivity index (χ1n) is 10.9. The van der Waals surface area contributed by atoms with Crippen molar-refractivity contribution in [2.75, 3.05) is 12.0 Å². The van der Waals surface area contributed by atoms with E-state index in [9.17, 15) is 24.0 Å². The van der Waals surface area contributed by atoms with Crippen molar-refractivity contribution in [2.24, 2.45) is 0 Å². The molecule has 0 saturated carbocycles. The highest BCUT2D eigenvalue weighted by molar-refractivity contribution is 6.69. The fourth-order valence-electron chi connectivity index (χ4n) is 3.95. The first-order chi connectivity index (χ1) is 18.7. The lowest BCUT2D eigenvalue weighted by Gasteiger charge is -2.30. The number of hydrogen-bond donors (Lipinski definition) is 0. The van der Waals surface area contributed by atoms with Gasteiger partial charge in [-0.2, -0.15) is 0 Å². The zero-order chi connectivity index (χ0) is 31.1. The number of anilines is 1. The normalized spacial score (nSPS) is 13.7. The highest BCUT2D eigenvalue weighted by Crippen LogP contribution is 2.48. The molecule has 2 aromatic carbocycles. The van der Waals surface area contributed by atoms with Crippen molar-refractivity contribution in [3.05, 3.63) is 41.5 Å². The predicted octanol–water partition coefficient (Wildman–Crippen LogP) is 7.83. The second-order valence-corrected chi connectivity index (χ2v) is 15.9. The second kappa shape index (κ2) is 12.8. The standard InChI is InChI=1S/C24H14Cl9NO7/c1-40-13-4-2-3-10-17(13)20(34(14(37)7-22(25,26)27)15(38)8-23(28,29)30)18-11(35)5-6-12(36)19(18)21(10)41-16(39)9-24(31,32)33/h2-6H,7-9H2,1H3. The van der Waals surface area contributed by atoms with Gasteiger partial charge in [-0.05, 0) is 18.2 Å². The summed E-state index contributed by atoms with van der Waals surface area (Å²) in [7, 11) is 1.25. The number of benzene rings is 2. The number of hydrogen-bond acceptors (Lipinski definition) is 7. The quantitative estimate of drug-likeness (QED) is 0.169. The van der Waals surface area contributed by atoms with Crippen molar-refractivity contribution in [3.8, 4) is 11.5 Å². The van der Waals surface area contributed by atoms with Crippen molar-refractivity contribution in [1.82, 2.24) is 0 Å². The van der Waals surface area contributed by atoms with Gasteiger partial charge in [0.2, 0.25) is 15.6 Å². The summed E-state index contributed by atoms with van der Waals surface area (Å²) in [6.07, 6.45) is -0.713. The van der Waals surface area contributed by atoms with E-state index in [0.717, 1.165) is 12.2 Å². The van der Waals surface area contributed by atoms with Crippen LogP contribution >= 0.6 is 104 Å². The topological polar surface area (TPSA) is 107 Å². The maximum absolute atomic E-state index is 13.6. The number of halogens is 9. The van der Waals surface area contributed by atoms with Crippen molar-refractivity contribution in [2.45, 2.75) is 30.6 Å². The van der Waals surface area contributed by atoms with Crippen LogP contribution in [0.5, 0.6) is 11.5 Å². The van der Waals surface area contributed by atoms with E-state index in [-0.39, 0.29) is 16.5 Å². The molecule has 0 heterocycles. The van der Waals surface area contributed by atoms with E-state index in [1.54, 1.807) is 0 Å². The van der Waals surface area contributed by atoms with Crippen LogP contribution in [-0.4, -0.2) is 47.8 Å². The monoisotopic (exact) mass is 743 g/mol. The van der Waals surface area contributed by atoms with Crippen LogP contribution in [-0.2, 0) is 14.4 Å². The molecule has 220 valence electrons. The third-order valence-electron chi connectivity index (χ3n) is 5.31. The lowest BCUT2D eigenvalue weighted by molar-refractivity contribution is -0.134. The van der Waals surface area contributed by atoms with Crippen LogP contribution < -0.4 is 14.4 Å². The van der Waals surface area contributed by atoms with Gasteiger partial charge in [-0.15, -0.1) is 0 Å². The van der Waals surface area contributed by atoms with Crippen molar-refractivity contribution >= 4 is 150 Å². The van der Waals surface area contributed by atoms with Crippen LogP contribution in [0.1, 0.15) is 40.0 Å². The largest absolute Gasteiger partial charge is 0.496 e. The van der Waals surface area contributed by atoms with Gasteiger partial charge in [-0.3, -0.25) is 24.0 Å². The van der Waals surface area contributed by atoms with Crippen molar-refractivity contribution < 1.29 is 33.4 Å². The molecule has 8 nitrogen and oxygen atoms in total. The molecule has 0 spiro atoms. The summed E-state index contributed by atoms with van der Waals surface area (Å²) in [6.45, 7) is 0. The lowest BCUT2D eigenvalue weighted by atomic mass is 9.87. The average molecular weight is 747 g/mol. The average Bonchev–Trinajstić information content (AvgIpc) is 2.78.